The Bertz CT molecular complexity index is 655. The number of anilines is 1. The molecule has 0 saturated heterocycles. The van der Waals surface area contributed by atoms with Crippen LogP contribution in [0.15, 0.2) is 18.2 Å². The molecule has 1 amide bonds. The molecule has 1 aromatic rings. The van der Waals surface area contributed by atoms with Gasteiger partial charge < -0.3 is 5.32 Å². The number of benzene rings is 1. The van der Waals surface area contributed by atoms with E-state index in [4.69, 9.17) is 0 Å². The molecule has 0 saturated carbocycles. The third-order valence-electron chi connectivity index (χ3n) is 3.92. The summed E-state index contributed by atoms with van der Waals surface area (Å²) in [5, 5.41) is 2.97. The number of nitrogens with one attached hydrogen (secondary N) is 1. The first-order valence-corrected chi connectivity index (χ1v) is 9.59. The molecule has 0 spiro atoms. The van der Waals surface area contributed by atoms with Gasteiger partial charge in [-0.15, -0.1) is 0 Å². The van der Waals surface area contributed by atoms with Crippen LogP contribution >= 0.6 is 0 Å². The monoisotopic (exact) mass is 324 g/mol. The number of carbonyl (C=O) groups is 1. The Morgan fingerprint density at radius 1 is 1.41 bits per heavy atom. The Kier molecular flexibility index (Phi) is 5.11. The van der Waals surface area contributed by atoms with Crippen LogP contribution in [0, 0.1) is 0 Å². The maximum absolute atomic E-state index is 12.3. The van der Waals surface area contributed by atoms with Crippen molar-refractivity contribution in [1.29, 1.82) is 0 Å². The molecule has 0 fully saturated rings. The van der Waals surface area contributed by atoms with E-state index in [1.807, 2.05) is 13.0 Å². The smallest absolute Gasteiger partial charge is 0.251 e. The van der Waals surface area contributed by atoms with E-state index in [0.717, 1.165) is 31.2 Å². The normalized spacial score (nSPS) is 16.0. The van der Waals surface area contributed by atoms with Crippen LogP contribution in [0.1, 0.15) is 49.0 Å². The maximum atomic E-state index is 12.3. The summed E-state index contributed by atoms with van der Waals surface area (Å²) in [5.74, 6) is -0.0970. The molecule has 122 valence electrons. The summed E-state index contributed by atoms with van der Waals surface area (Å²) in [6, 6.07) is 5.41. The number of hydrogen-bond donors (Lipinski definition) is 1. The lowest BCUT2D eigenvalue weighted by atomic mass is 10.0. The van der Waals surface area contributed by atoms with Crippen molar-refractivity contribution in [3.05, 3.63) is 29.3 Å². The minimum Gasteiger partial charge on any atom is -0.350 e. The van der Waals surface area contributed by atoms with Crippen molar-refractivity contribution in [3.63, 3.8) is 0 Å². The molecular weight excluding hydrogens is 300 g/mol. The summed E-state index contributed by atoms with van der Waals surface area (Å²) in [7, 11) is -3.27. The predicted octanol–water partition coefficient (Wildman–Crippen LogP) is 2.32. The zero-order chi connectivity index (χ0) is 16.3. The number of fused-ring (bicyclic) bond motifs is 1. The van der Waals surface area contributed by atoms with Crippen molar-refractivity contribution in [2.75, 3.05) is 17.1 Å². The Labute approximate surface area is 132 Å². The van der Waals surface area contributed by atoms with Gasteiger partial charge in [0.05, 0.1) is 11.9 Å². The maximum Gasteiger partial charge on any atom is 0.251 e. The molecule has 6 heteroatoms. The molecule has 0 bridgehead atoms. The van der Waals surface area contributed by atoms with E-state index in [1.165, 1.54) is 10.6 Å². The van der Waals surface area contributed by atoms with Crippen molar-refractivity contribution in [3.8, 4) is 0 Å². The van der Waals surface area contributed by atoms with E-state index in [-0.39, 0.29) is 11.9 Å². The molecule has 22 heavy (non-hydrogen) atoms. The van der Waals surface area contributed by atoms with Gasteiger partial charge in [-0.05, 0) is 49.9 Å². The number of nitrogens with zero attached hydrogens (tertiary/aromatic N) is 1. The fourth-order valence-corrected chi connectivity index (χ4v) is 3.86. The summed E-state index contributed by atoms with van der Waals surface area (Å²) in [6.07, 6.45) is 4.76. The second kappa shape index (κ2) is 6.69. The first kappa shape index (κ1) is 16.8. The average Bonchev–Trinajstić information content (AvgIpc) is 2.45. The van der Waals surface area contributed by atoms with E-state index < -0.39 is 10.0 Å². The van der Waals surface area contributed by atoms with E-state index in [9.17, 15) is 13.2 Å². The number of sulfonamides is 1. The molecule has 1 heterocycles. The van der Waals surface area contributed by atoms with Gasteiger partial charge in [0.1, 0.15) is 0 Å². The van der Waals surface area contributed by atoms with E-state index in [1.54, 1.807) is 12.1 Å². The second-order valence-corrected chi connectivity index (χ2v) is 7.85. The van der Waals surface area contributed by atoms with Crippen LogP contribution in [-0.4, -0.2) is 33.2 Å². The number of hydrogen-bond acceptors (Lipinski definition) is 3. The zero-order valence-corrected chi connectivity index (χ0v) is 14.2. The number of rotatable bonds is 5. The highest BCUT2D eigenvalue weighted by atomic mass is 32.2. The van der Waals surface area contributed by atoms with Crippen LogP contribution < -0.4 is 9.62 Å². The van der Waals surface area contributed by atoms with Gasteiger partial charge in [-0.3, -0.25) is 9.10 Å². The van der Waals surface area contributed by atoms with Crippen LogP contribution in [0.4, 0.5) is 5.69 Å². The highest BCUT2D eigenvalue weighted by molar-refractivity contribution is 7.92. The topological polar surface area (TPSA) is 66.5 Å². The molecule has 1 atom stereocenters. The van der Waals surface area contributed by atoms with Crippen molar-refractivity contribution in [2.45, 2.75) is 45.6 Å². The van der Waals surface area contributed by atoms with E-state index >= 15 is 0 Å². The van der Waals surface area contributed by atoms with Gasteiger partial charge in [0.2, 0.25) is 10.0 Å². The third-order valence-corrected chi connectivity index (χ3v) is 5.10. The molecular formula is C16H24N2O3S. The minimum absolute atomic E-state index is 0.0970. The highest BCUT2D eigenvalue weighted by Crippen LogP contribution is 2.29. The Morgan fingerprint density at radius 3 is 2.77 bits per heavy atom. The highest BCUT2D eigenvalue weighted by Gasteiger charge is 2.24. The molecule has 0 aromatic heterocycles. The molecule has 0 aliphatic carbocycles. The van der Waals surface area contributed by atoms with Crippen LogP contribution in [-0.2, 0) is 16.4 Å². The van der Waals surface area contributed by atoms with Gasteiger partial charge in [-0.2, -0.15) is 0 Å². The lowest BCUT2D eigenvalue weighted by Gasteiger charge is -2.29. The fourth-order valence-electron chi connectivity index (χ4n) is 2.86. The van der Waals surface area contributed by atoms with Crippen molar-refractivity contribution >= 4 is 21.6 Å². The molecule has 2 rings (SSSR count). The summed E-state index contributed by atoms with van der Waals surface area (Å²) in [5.41, 5.74) is 2.22. The van der Waals surface area contributed by atoms with Crippen molar-refractivity contribution < 1.29 is 13.2 Å². The quantitative estimate of drug-likeness (QED) is 0.904. The summed E-state index contributed by atoms with van der Waals surface area (Å²) >= 11 is 0. The molecule has 1 aliphatic rings. The molecule has 1 aromatic carbocycles. The SMILES string of the molecule is CCC[C@H](C)NC(=O)c1ccc2c(c1)CCCN2S(C)(=O)=O. The summed E-state index contributed by atoms with van der Waals surface area (Å²) in [4.78, 5) is 12.3. The van der Waals surface area contributed by atoms with Crippen molar-refractivity contribution in [2.24, 2.45) is 0 Å². The first-order valence-electron chi connectivity index (χ1n) is 7.74. The number of carbonyl (C=O) groups excluding carboxylic acids is 1. The van der Waals surface area contributed by atoms with Crippen molar-refractivity contribution in [1.82, 2.24) is 5.32 Å². The average molecular weight is 324 g/mol. The number of aryl methyl sites for hydroxylation is 1. The summed E-state index contributed by atoms with van der Waals surface area (Å²) < 4.78 is 25.1. The molecule has 1 aliphatic heterocycles. The standard InChI is InChI=1S/C16H24N2O3S/c1-4-6-12(2)17-16(19)14-8-9-15-13(11-14)7-5-10-18(15)22(3,20)21/h8-9,11-12H,4-7,10H2,1-3H3,(H,17,19)/t12-/m0/s1. The Balaban J connectivity index is 2.23. The van der Waals surface area contributed by atoms with Gasteiger partial charge in [0.15, 0.2) is 0 Å². The lowest BCUT2D eigenvalue weighted by molar-refractivity contribution is 0.0938. The van der Waals surface area contributed by atoms with Gasteiger partial charge in [0, 0.05) is 18.2 Å². The molecule has 0 radical (unpaired) electrons. The van der Waals surface area contributed by atoms with Gasteiger partial charge in [-0.25, -0.2) is 8.42 Å². The van der Waals surface area contributed by atoms with Gasteiger partial charge in [-0.1, -0.05) is 13.3 Å². The zero-order valence-electron chi connectivity index (χ0n) is 13.4. The van der Waals surface area contributed by atoms with Crippen LogP contribution in [0.5, 0.6) is 0 Å². The minimum atomic E-state index is -3.27. The van der Waals surface area contributed by atoms with E-state index in [2.05, 4.69) is 12.2 Å². The predicted molar refractivity (Wildman–Crippen MR) is 88.8 cm³/mol. The lowest BCUT2D eigenvalue weighted by Crippen LogP contribution is -2.35. The fraction of sp³-hybridized carbons (Fsp3) is 0.562. The largest absolute Gasteiger partial charge is 0.350 e. The van der Waals surface area contributed by atoms with Crippen LogP contribution in [0.25, 0.3) is 0 Å². The summed E-state index contributed by atoms with van der Waals surface area (Å²) in [6.45, 7) is 4.58. The van der Waals surface area contributed by atoms with Crippen LogP contribution in [0.3, 0.4) is 0 Å². The molecule has 5 nitrogen and oxygen atoms in total. The van der Waals surface area contributed by atoms with Gasteiger partial charge >= 0.3 is 0 Å². The third kappa shape index (κ3) is 3.80. The Morgan fingerprint density at radius 2 is 2.14 bits per heavy atom. The first-order chi connectivity index (χ1) is 10.3. The molecule has 0 unspecified atom stereocenters. The van der Waals surface area contributed by atoms with E-state index in [0.29, 0.717) is 17.8 Å². The van der Waals surface area contributed by atoms with Crippen LogP contribution in [0.2, 0.25) is 0 Å². The van der Waals surface area contributed by atoms with Gasteiger partial charge in [0.25, 0.3) is 5.91 Å². The second-order valence-electron chi connectivity index (χ2n) is 5.95. The number of amides is 1. The molecule has 1 N–H and O–H groups in total. The Hall–Kier alpha value is -1.56.